The van der Waals surface area contributed by atoms with E-state index in [-0.39, 0.29) is 36.9 Å². The molecule has 0 bridgehead atoms. The van der Waals surface area contributed by atoms with E-state index in [0.717, 1.165) is 42.7 Å². The van der Waals surface area contributed by atoms with Gasteiger partial charge in [0.15, 0.2) is 6.10 Å². The second-order valence-electron chi connectivity index (χ2n) is 13.6. The Morgan fingerprint density at radius 1 is 0.980 bits per heavy atom. The largest absolute Gasteiger partial charge is 0.481 e. The molecule has 0 aromatic heterocycles. The Bertz CT molecular complexity index is 1560. The number of amides is 4. The zero-order chi connectivity index (χ0) is 34.7. The number of fused-ring (bicyclic) bond motifs is 1. The predicted octanol–water partition coefficient (Wildman–Crippen LogP) is 3.91. The molecule has 2 aromatic carbocycles. The van der Waals surface area contributed by atoms with Gasteiger partial charge in [0, 0.05) is 56.9 Å². The van der Waals surface area contributed by atoms with Crippen LogP contribution in [0.3, 0.4) is 0 Å². The van der Waals surface area contributed by atoms with Crippen molar-refractivity contribution in [3.8, 4) is 0 Å². The van der Waals surface area contributed by atoms with Crippen molar-refractivity contribution in [1.29, 1.82) is 0 Å². The second kappa shape index (κ2) is 14.9. The van der Waals surface area contributed by atoms with Crippen LogP contribution in [-0.2, 0) is 27.2 Å². The van der Waals surface area contributed by atoms with Crippen molar-refractivity contribution in [2.45, 2.75) is 70.6 Å². The summed E-state index contributed by atoms with van der Waals surface area (Å²) in [5.74, 6) is -1.10. The number of hydrogen-bond acceptors (Lipinski definition) is 9. The third-order valence-corrected chi connectivity index (χ3v) is 10.3. The number of carbonyl (C=O) groups is 4. The number of carboxylic acids is 1. The van der Waals surface area contributed by atoms with Gasteiger partial charge in [0.25, 0.3) is 5.91 Å². The fraction of sp³-hybridized carbons (Fsp3) is 0.543. The fourth-order valence-electron chi connectivity index (χ4n) is 7.53. The van der Waals surface area contributed by atoms with Crippen LogP contribution in [0.25, 0.3) is 0 Å². The van der Waals surface area contributed by atoms with Crippen LogP contribution < -0.4 is 5.32 Å². The third-order valence-electron chi connectivity index (χ3n) is 10.3. The highest BCUT2D eigenvalue weighted by Crippen LogP contribution is 2.29. The van der Waals surface area contributed by atoms with Gasteiger partial charge >= 0.3 is 18.1 Å². The molecule has 4 heterocycles. The summed E-state index contributed by atoms with van der Waals surface area (Å²) in [6.45, 7) is 7.87. The molecule has 0 saturated carbocycles. The lowest BCUT2D eigenvalue weighted by Gasteiger charge is -2.46. The van der Waals surface area contributed by atoms with E-state index in [4.69, 9.17) is 9.84 Å². The standard InChI is InChI=1S/C35H45N7O7/c1-23-17-25(18-24(2)32(23)37-48)19-30(33(45)41-21-40(22-41)28-8-12-38(20-28)13-11-31(43)44)49-35(47)39-14-9-27(10-15-39)42-16-7-26-5-3-4-6-29(26)36-34(42)46/h3-6,17-18,27-28,30H,7-16,19-22H2,1-2H3,(H,36,46)(H,43,44)/t28?,30-/m1/s1. The average molecular weight is 676 g/mol. The third kappa shape index (κ3) is 7.86. The molecule has 0 radical (unpaired) electrons. The maximum atomic E-state index is 13.9. The van der Waals surface area contributed by atoms with E-state index >= 15 is 0 Å². The molecule has 4 aliphatic rings. The van der Waals surface area contributed by atoms with E-state index in [2.05, 4.69) is 20.3 Å². The van der Waals surface area contributed by atoms with Crippen LogP contribution >= 0.6 is 0 Å². The van der Waals surface area contributed by atoms with Crippen LogP contribution in [0.2, 0.25) is 0 Å². The van der Waals surface area contributed by atoms with Crippen LogP contribution in [0.1, 0.15) is 47.9 Å². The first kappa shape index (κ1) is 34.3. The number of ether oxygens (including phenoxy) is 1. The molecular formula is C35H45N7O7. The van der Waals surface area contributed by atoms with Crippen molar-refractivity contribution in [2.24, 2.45) is 5.18 Å². The number of aryl methyl sites for hydroxylation is 2. The Morgan fingerprint density at radius 2 is 1.67 bits per heavy atom. The van der Waals surface area contributed by atoms with Crippen LogP contribution in [0.15, 0.2) is 41.6 Å². The van der Waals surface area contributed by atoms with E-state index in [9.17, 15) is 24.1 Å². The molecule has 3 fully saturated rings. The van der Waals surface area contributed by atoms with E-state index in [1.165, 1.54) is 0 Å². The van der Waals surface area contributed by atoms with Gasteiger partial charge < -0.3 is 34.8 Å². The van der Waals surface area contributed by atoms with Gasteiger partial charge in [0.2, 0.25) is 0 Å². The summed E-state index contributed by atoms with van der Waals surface area (Å²) in [5.41, 5.74) is 4.44. The van der Waals surface area contributed by atoms with Gasteiger partial charge in [-0.05, 0) is 79.6 Å². The van der Waals surface area contributed by atoms with Gasteiger partial charge in [-0.2, -0.15) is 0 Å². The Kier molecular flexibility index (Phi) is 10.4. The molecule has 1 unspecified atom stereocenters. The van der Waals surface area contributed by atoms with Gasteiger partial charge in [-0.25, -0.2) is 9.59 Å². The van der Waals surface area contributed by atoms with Gasteiger partial charge in [0.05, 0.1) is 19.8 Å². The number of urea groups is 1. The van der Waals surface area contributed by atoms with Crippen molar-refractivity contribution in [3.63, 3.8) is 0 Å². The summed E-state index contributed by atoms with van der Waals surface area (Å²) in [6, 6.07) is 11.5. The highest BCUT2D eigenvalue weighted by Gasteiger charge is 2.41. The summed E-state index contributed by atoms with van der Waals surface area (Å²) >= 11 is 0. The van der Waals surface area contributed by atoms with Gasteiger partial charge in [-0.1, -0.05) is 30.3 Å². The van der Waals surface area contributed by atoms with Gasteiger partial charge in [-0.15, -0.1) is 4.91 Å². The number of para-hydroxylation sites is 1. The van der Waals surface area contributed by atoms with Crippen LogP contribution in [0, 0.1) is 18.8 Å². The summed E-state index contributed by atoms with van der Waals surface area (Å²) in [5, 5.41) is 15.2. The molecule has 49 heavy (non-hydrogen) atoms. The fourth-order valence-corrected chi connectivity index (χ4v) is 7.53. The normalized spacial score (nSPS) is 21.0. The highest BCUT2D eigenvalue weighted by atomic mass is 16.6. The number of benzene rings is 2. The van der Waals surface area contributed by atoms with E-state index in [1.807, 2.05) is 29.2 Å². The molecule has 6 rings (SSSR count). The molecular weight excluding hydrogens is 630 g/mol. The SMILES string of the molecule is Cc1cc(C[C@@H](OC(=O)N2CCC(N3CCc4ccccc4NC3=O)CC2)C(=O)N2CN(C3CCN(CCC(=O)O)C3)C2)cc(C)c1N=O. The number of carbonyl (C=O) groups excluding carboxylic acids is 3. The molecule has 2 atom stereocenters. The molecule has 0 aliphatic carbocycles. The zero-order valence-corrected chi connectivity index (χ0v) is 28.2. The number of anilines is 1. The van der Waals surface area contributed by atoms with Crippen LogP contribution in [-0.4, -0.2) is 124 Å². The number of piperidine rings is 1. The maximum absolute atomic E-state index is 13.9. The summed E-state index contributed by atoms with van der Waals surface area (Å²) in [7, 11) is 0. The summed E-state index contributed by atoms with van der Waals surface area (Å²) < 4.78 is 5.98. The molecule has 2 aromatic rings. The average Bonchev–Trinajstić information content (AvgIpc) is 3.44. The smallest absolute Gasteiger partial charge is 0.410 e. The number of carboxylic acid groups (broad SMARTS) is 1. The van der Waals surface area contributed by atoms with Crippen LogP contribution in [0.4, 0.5) is 21.0 Å². The summed E-state index contributed by atoms with van der Waals surface area (Å²) in [4.78, 5) is 72.3. The minimum atomic E-state index is -1.06. The number of nitrogens with one attached hydrogen (secondary N) is 1. The monoisotopic (exact) mass is 675 g/mol. The minimum Gasteiger partial charge on any atom is -0.481 e. The number of likely N-dealkylation sites (tertiary alicyclic amines) is 2. The predicted molar refractivity (Wildman–Crippen MR) is 181 cm³/mol. The molecule has 14 heteroatoms. The molecule has 0 spiro atoms. The lowest BCUT2D eigenvalue weighted by Crippen LogP contribution is -2.63. The first-order valence-corrected chi connectivity index (χ1v) is 17.1. The first-order chi connectivity index (χ1) is 23.6. The maximum Gasteiger partial charge on any atom is 0.410 e. The van der Waals surface area contributed by atoms with Gasteiger partial charge in [-0.3, -0.25) is 14.5 Å². The minimum absolute atomic E-state index is 0.0191. The topological polar surface area (TPSA) is 155 Å². The molecule has 3 saturated heterocycles. The lowest BCUT2D eigenvalue weighted by molar-refractivity contribution is -0.160. The Labute approximate surface area is 285 Å². The second-order valence-corrected chi connectivity index (χ2v) is 13.6. The Balaban J connectivity index is 1.07. The van der Waals surface area contributed by atoms with Crippen molar-refractivity contribution >= 4 is 35.4 Å². The van der Waals surface area contributed by atoms with Crippen molar-refractivity contribution in [2.75, 3.05) is 57.9 Å². The molecule has 14 nitrogen and oxygen atoms in total. The zero-order valence-electron chi connectivity index (χ0n) is 28.2. The van der Waals surface area contributed by atoms with Crippen molar-refractivity contribution < 1.29 is 29.0 Å². The molecule has 2 N–H and O–H groups in total. The number of aliphatic carboxylic acids is 1. The Hall–Kier alpha value is -4.56. The number of nitroso groups, excluding NO2 is 1. The van der Waals surface area contributed by atoms with Crippen LogP contribution in [0.5, 0.6) is 0 Å². The Morgan fingerprint density at radius 3 is 2.37 bits per heavy atom. The van der Waals surface area contributed by atoms with Crippen molar-refractivity contribution in [1.82, 2.24) is 24.5 Å². The van der Waals surface area contributed by atoms with Gasteiger partial charge in [0.1, 0.15) is 5.69 Å². The molecule has 262 valence electrons. The van der Waals surface area contributed by atoms with E-state index in [1.54, 1.807) is 35.8 Å². The molecule has 4 amide bonds. The highest BCUT2D eigenvalue weighted by molar-refractivity contribution is 5.91. The number of rotatable bonds is 10. The quantitative estimate of drug-likeness (QED) is 0.357. The number of hydrogen-bond donors (Lipinski definition) is 2. The molecule has 4 aliphatic heterocycles. The lowest BCUT2D eigenvalue weighted by atomic mass is 9.99. The first-order valence-electron chi connectivity index (χ1n) is 17.1. The number of nitrogens with zero attached hydrogens (tertiary/aromatic N) is 6. The van der Waals surface area contributed by atoms with E-state index < -0.39 is 18.2 Å². The van der Waals surface area contributed by atoms with E-state index in [0.29, 0.717) is 69.2 Å². The summed E-state index contributed by atoms with van der Waals surface area (Å²) in [6.07, 6.45) is 1.48. The van der Waals surface area contributed by atoms with Crippen molar-refractivity contribution in [3.05, 3.63) is 63.6 Å².